The molecule has 0 spiro atoms. The van der Waals surface area contributed by atoms with Crippen molar-refractivity contribution in [2.24, 2.45) is 5.92 Å². The zero-order valence-electron chi connectivity index (χ0n) is 9.95. The Bertz CT molecular complexity index is 458. The number of halogens is 2. The van der Waals surface area contributed by atoms with Gasteiger partial charge < -0.3 is 9.84 Å². The van der Waals surface area contributed by atoms with Gasteiger partial charge in [-0.2, -0.15) is 0 Å². The summed E-state index contributed by atoms with van der Waals surface area (Å²) in [5.74, 6) is -2.83. The highest BCUT2D eigenvalue weighted by molar-refractivity contribution is 5.76. The number of hydrogen-bond acceptors (Lipinski definition) is 3. The van der Waals surface area contributed by atoms with Crippen LogP contribution in [0.2, 0.25) is 0 Å². The molecule has 0 radical (unpaired) electrons. The second-order valence-electron chi connectivity index (χ2n) is 3.83. The lowest BCUT2D eigenvalue weighted by molar-refractivity contribution is -0.146. The molecular weight excluding hydrogens is 242 g/mol. The maximum Gasteiger partial charge on any atom is 0.311 e. The second kappa shape index (κ2) is 6.26. The van der Waals surface area contributed by atoms with Gasteiger partial charge in [0.15, 0.2) is 0 Å². The molecule has 1 atom stereocenters. The van der Waals surface area contributed by atoms with E-state index in [9.17, 15) is 13.6 Å². The number of aliphatic hydroxyl groups excluding tert-OH is 1. The number of aliphatic hydroxyl groups is 1. The smallest absolute Gasteiger partial charge is 0.311 e. The lowest BCUT2D eigenvalue weighted by Gasteiger charge is -2.14. The van der Waals surface area contributed by atoms with Crippen molar-refractivity contribution in [1.29, 1.82) is 0 Å². The average molecular weight is 256 g/mol. The average Bonchev–Trinajstić information content (AvgIpc) is 2.34. The minimum Gasteiger partial charge on any atom is -0.469 e. The van der Waals surface area contributed by atoms with Gasteiger partial charge in [-0.05, 0) is 24.1 Å². The Balaban J connectivity index is 2.84. The molecule has 1 unspecified atom stereocenters. The van der Waals surface area contributed by atoms with Crippen LogP contribution in [0, 0.1) is 17.6 Å². The topological polar surface area (TPSA) is 46.5 Å². The molecule has 98 valence electrons. The molecule has 0 saturated heterocycles. The van der Waals surface area contributed by atoms with Crippen molar-refractivity contribution in [3.8, 4) is 0 Å². The Morgan fingerprint density at radius 1 is 1.50 bits per heavy atom. The summed E-state index contributed by atoms with van der Waals surface area (Å²) in [4.78, 5) is 11.3. The van der Waals surface area contributed by atoms with Crippen molar-refractivity contribution in [1.82, 2.24) is 0 Å². The third kappa shape index (κ3) is 3.37. The molecule has 0 aromatic heterocycles. The molecule has 0 bridgehead atoms. The number of allylic oxidation sites excluding steroid dienone is 1. The van der Waals surface area contributed by atoms with Gasteiger partial charge >= 0.3 is 5.97 Å². The van der Waals surface area contributed by atoms with Crippen LogP contribution < -0.4 is 0 Å². The molecule has 1 aromatic carbocycles. The second-order valence-corrected chi connectivity index (χ2v) is 3.83. The predicted molar refractivity (Wildman–Crippen MR) is 62.6 cm³/mol. The first-order valence-corrected chi connectivity index (χ1v) is 5.31. The van der Waals surface area contributed by atoms with E-state index < -0.39 is 30.1 Å². The van der Waals surface area contributed by atoms with Crippen LogP contribution in [0.25, 0.3) is 5.57 Å². The predicted octanol–water partition coefficient (Wildman–Crippen LogP) is 2.15. The first kappa shape index (κ1) is 14.3. The molecule has 0 amide bonds. The minimum absolute atomic E-state index is 0.0473. The molecule has 1 rings (SSSR count). The van der Waals surface area contributed by atoms with Gasteiger partial charge in [0.1, 0.15) is 11.6 Å². The van der Waals surface area contributed by atoms with E-state index in [2.05, 4.69) is 11.3 Å². The maximum absolute atomic E-state index is 13.5. The van der Waals surface area contributed by atoms with E-state index >= 15 is 0 Å². The molecule has 1 N–H and O–H groups in total. The van der Waals surface area contributed by atoms with E-state index in [0.29, 0.717) is 5.57 Å². The zero-order chi connectivity index (χ0) is 13.7. The van der Waals surface area contributed by atoms with Crippen molar-refractivity contribution in [2.45, 2.75) is 6.42 Å². The number of esters is 1. The van der Waals surface area contributed by atoms with E-state index in [1.54, 1.807) is 0 Å². The standard InChI is InChI=1S/C13H14F2O3/c1-8(5-9(7-16)13(17)18-2)11-4-3-10(14)6-12(11)15/h3-4,6,9,16H,1,5,7H2,2H3. The molecule has 0 saturated carbocycles. The van der Waals surface area contributed by atoms with E-state index in [4.69, 9.17) is 5.11 Å². The molecule has 5 heteroatoms. The van der Waals surface area contributed by atoms with E-state index in [0.717, 1.165) is 12.1 Å². The van der Waals surface area contributed by atoms with Crippen LogP contribution in [-0.2, 0) is 9.53 Å². The van der Waals surface area contributed by atoms with Crippen molar-refractivity contribution in [2.75, 3.05) is 13.7 Å². The molecule has 18 heavy (non-hydrogen) atoms. The van der Waals surface area contributed by atoms with Crippen LogP contribution in [0.1, 0.15) is 12.0 Å². The van der Waals surface area contributed by atoms with Crippen LogP contribution in [0.15, 0.2) is 24.8 Å². The number of hydrogen-bond donors (Lipinski definition) is 1. The molecule has 0 heterocycles. The lowest BCUT2D eigenvalue weighted by Crippen LogP contribution is -2.20. The van der Waals surface area contributed by atoms with Crippen LogP contribution in [-0.4, -0.2) is 24.8 Å². The number of benzene rings is 1. The molecule has 1 aromatic rings. The molecular formula is C13H14F2O3. The SMILES string of the molecule is C=C(CC(CO)C(=O)OC)c1ccc(F)cc1F. The maximum atomic E-state index is 13.5. The number of carbonyl (C=O) groups excluding carboxylic acids is 1. The lowest BCUT2D eigenvalue weighted by atomic mass is 9.95. The summed E-state index contributed by atoms with van der Waals surface area (Å²) in [5, 5.41) is 9.04. The Morgan fingerprint density at radius 2 is 2.17 bits per heavy atom. The highest BCUT2D eigenvalue weighted by Crippen LogP contribution is 2.24. The molecule has 0 aliphatic carbocycles. The third-order valence-corrected chi connectivity index (χ3v) is 2.56. The van der Waals surface area contributed by atoms with E-state index in [-0.39, 0.29) is 12.0 Å². The quantitative estimate of drug-likeness (QED) is 0.821. The summed E-state index contributed by atoms with van der Waals surface area (Å²) >= 11 is 0. The summed E-state index contributed by atoms with van der Waals surface area (Å²) in [7, 11) is 1.20. The fourth-order valence-electron chi connectivity index (χ4n) is 1.57. The number of rotatable bonds is 5. The summed E-state index contributed by atoms with van der Waals surface area (Å²) < 4.78 is 30.7. The molecule has 0 aliphatic heterocycles. The Kier molecular flexibility index (Phi) is 4.97. The summed E-state index contributed by atoms with van der Waals surface area (Å²) in [6, 6.07) is 3.10. The van der Waals surface area contributed by atoms with Gasteiger partial charge in [-0.15, -0.1) is 0 Å². The monoisotopic (exact) mass is 256 g/mol. The van der Waals surface area contributed by atoms with Gasteiger partial charge in [0.05, 0.1) is 19.6 Å². The highest BCUT2D eigenvalue weighted by atomic mass is 19.1. The van der Waals surface area contributed by atoms with Crippen LogP contribution in [0.5, 0.6) is 0 Å². The highest BCUT2D eigenvalue weighted by Gasteiger charge is 2.20. The fourth-order valence-corrected chi connectivity index (χ4v) is 1.57. The molecule has 0 aliphatic rings. The first-order chi connectivity index (χ1) is 8.49. The Morgan fingerprint density at radius 3 is 2.67 bits per heavy atom. The van der Waals surface area contributed by atoms with Crippen LogP contribution in [0.3, 0.4) is 0 Å². The largest absolute Gasteiger partial charge is 0.469 e. The van der Waals surface area contributed by atoms with Gasteiger partial charge in [-0.1, -0.05) is 6.58 Å². The van der Waals surface area contributed by atoms with Gasteiger partial charge in [0, 0.05) is 11.6 Å². The third-order valence-electron chi connectivity index (χ3n) is 2.56. The van der Waals surface area contributed by atoms with Crippen LogP contribution in [0.4, 0.5) is 8.78 Å². The van der Waals surface area contributed by atoms with Crippen molar-refractivity contribution in [3.05, 3.63) is 42.0 Å². The summed E-state index contributed by atoms with van der Waals surface area (Å²) in [6.07, 6.45) is 0.0473. The summed E-state index contributed by atoms with van der Waals surface area (Å²) in [6.45, 7) is 3.22. The van der Waals surface area contributed by atoms with E-state index in [1.807, 2.05) is 0 Å². The Labute approximate surface area is 104 Å². The van der Waals surface area contributed by atoms with Crippen molar-refractivity contribution < 1.29 is 23.4 Å². The minimum atomic E-state index is -0.799. The number of ether oxygens (including phenoxy) is 1. The van der Waals surface area contributed by atoms with Crippen molar-refractivity contribution in [3.63, 3.8) is 0 Å². The zero-order valence-corrected chi connectivity index (χ0v) is 9.95. The number of methoxy groups -OCH3 is 1. The Hall–Kier alpha value is -1.75. The normalized spacial score (nSPS) is 12.0. The fraction of sp³-hybridized carbons (Fsp3) is 0.308. The molecule has 3 nitrogen and oxygen atoms in total. The van der Waals surface area contributed by atoms with Gasteiger partial charge in [-0.3, -0.25) is 4.79 Å². The van der Waals surface area contributed by atoms with Crippen molar-refractivity contribution >= 4 is 11.5 Å². The van der Waals surface area contributed by atoms with Gasteiger partial charge in [0.2, 0.25) is 0 Å². The van der Waals surface area contributed by atoms with Gasteiger partial charge in [-0.25, -0.2) is 8.78 Å². The van der Waals surface area contributed by atoms with Gasteiger partial charge in [0.25, 0.3) is 0 Å². The first-order valence-electron chi connectivity index (χ1n) is 5.31. The number of carbonyl (C=O) groups is 1. The molecule has 0 fully saturated rings. The van der Waals surface area contributed by atoms with Crippen LogP contribution >= 0.6 is 0 Å². The summed E-state index contributed by atoms with van der Waals surface area (Å²) in [5.41, 5.74) is 0.427. The van der Waals surface area contributed by atoms with E-state index in [1.165, 1.54) is 13.2 Å².